The van der Waals surface area contributed by atoms with Crippen molar-refractivity contribution in [3.05, 3.63) is 40.8 Å². The average Bonchev–Trinajstić information content (AvgIpc) is 2.33. The number of aromatic nitrogens is 3. The van der Waals surface area contributed by atoms with Gasteiger partial charge in [0.25, 0.3) is 10.0 Å². The lowest BCUT2D eigenvalue weighted by Gasteiger charge is -2.06. The van der Waals surface area contributed by atoms with Crippen LogP contribution in [0.25, 0.3) is 0 Å². The van der Waals surface area contributed by atoms with Gasteiger partial charge in [0.15, 0.2) is 5.82 Å². The molecule has 2 heterocycles. The second-order valence-corrected chi connectivity index (χ2v) is 5.61. The predicted molar refractivity (Wildman–Crippen MR) is 67.1 cm³/mol. The van der Waals surface area contributed by atoms with E-state index in [4.69, 9.17) is 23.2 Å². The Morgan fingerprint density at radius 3 is 2.67 bits per heavy atom. The molecule has 9 heteroatoms. The number of nitrogens with zero attached hydrogens (tertiary/aromatic N) is 3. The van der Waals surface area contributed by atoms with Crippen molar-refractivity contribution in [2.45, 2.75) is 4.90 Å². The monoisotopic (exact) mass is 304 g/mol. The first-order valence-corrected chi connectivity index (χ1v) is 6.84. The fraction of sp³-hybridized carbons (Fsp3) is 0. The standard InChI is InChI=1S/C9H6Cl2N4O2S/c10-7-4-6(5-12-9(7)11)18(16,17)15-8-2-1-3-13-14-8/h1-5H,(H,14,15). The summed E-state index contributed by atoms with van der Waals surface area (Å²) in [4.78, 5) is 3.56. The molecule has 0 atom stereocenters. The van der Waals surface area contributed by atoms with Crippen LogP contribution in [0.2, 0.25) is 10.2 Å². The Kier molecular flexibility index (Phi) is 3.65. The van der Waals surface area contributed by atoms with Gasteiger partial charge in [0.05, 0.1) is 5.02 Å². The molecule has 0 bridgehead atoms. The summed E-state index contributed by atoms with van der Waals surface area (Å²) in [7, 11) is -3.81. The Morgan fingerprint density at radius 1 is 1.28 bits per heavy atom. The van der Waals surface area contributed by atoms with Crippen LogP contribution in [0.15, 0.2) is 35.5 Å². The van der Waals surface area contributed by atoms with Crippen LogP contribution in [-0.4, -0.2) is 23.6 Å². The molecule has 0 radical (unpaired) electrons. The zero-order valence-electron chi connectivity index (χ0n) is 8.71. The molecule has 0 aliphatic heterocycles. The minimum absolute atomic E-state index is 0.0371. The van der Waals surface area contributed by atoms with Crippen molar-refractivity contribution in [2.24, 2.45) is 0 Å². The van der Waals surface area contributed by atoms with Gasteiger partial charge in [-0.15, -0.1) is 5.10 Å². The van der Waals surface area contributed by atoms with Gasteiger partial charge in [0.1, 0.15) is 10.0 Å². The van der Waals surface area contributed by atoms with E-state index in [1.54, 1.807) is 6.07 Å². The number of pyridine rings is 1. The van der Waals surface area contributed by atoms with Crippen molar-refractivity contribution in [2.75, 3.05) is 4.72 Å². The van der Waals surface area contributed by atoms with E-state index < -0.39 is 10.0 Å². The average molecular weight is 305 g/mol. The molecule has 0 fully saturated rings. The third-order valence-corrected chi connectivity index (χ3v) is 3.90. The number of nitrogens with one attached hydrogen (secondary N) is 1. The Morgan fingerprint density at radius 2 is 2.06 bits per heavy atom. The van der Waals surface area contributed by atoms with Gasteiger partial charge < -0.3 is 0 Å². The van der Waals surface area contributed by atoms with Crippen molar-refractivity contribution >= 4 is 39.0 Å². The second kappa shape index (κ2) is 5.05. The number of hydrogen-bond donors (Lipinski definition) is 1. The van der Waals surface area contributed by atoms with Gasteiger partial charge in [-0.3, -0.25) is 4.72 Å². The van der Waals surface area contributed by atoms with Crippen molar-refractivity contribution in [3.63, 3.8) is 0 Å². The number of hydrogen-bond acceptors (Lipinski definition) is 5. The highest BCUT2D eigenvalue weighted by molar-refractivity contribution is 7.92. The molecule has 18 heavy (non-hydrogen) atoms. The van der Waals surface area contributed by atoms with E-state index in [0.29, 0.717) is 0 Å². The topological polar surface area (TPSA) is 84.8 Å². The van der Waals surface area contributed by atoms with Gasteiger partial charge in [0, 0.05) is 12.4 Å². The van der Waals surface area contributed by atoms with E-state index in [-0.39, 0.29) is 20.9 Å². The summed E-state index contributed by atoms with van der Waals surface area (Å²) in [5.74, 6) is 0.101. The first kappa shape index (κ1) is 13.0. The molecule has 94 valence electrons. The quantitative estimate of drug-likeness (QED) is 0.876. The maximum Gasteiger partial charge on any atom is 0.264 e. The highest BCUT2D eigenvalue weighted by Crippen LogP contribution is 2.23. The first-order chi connectivity index (χ1) is 8.49. The van der Waals surface area contributed by atoms with Crippen LogP contribution in [0.5, 0.6) is 0 Å². The molecule has 0 spiro atoms. The number of sulfonamides is 1. The fourth-order valence-corrected chi connectivity index (χ4v) is 2.40. The summed E-state index contributed by atoms with van der Waals surface area (Å²) in [6, 6.07) is 4.23. The van der Waals surface area contributed by atoms with Crippen LogP contribution in [0.3, 0.4) is 0 Å². The van der Waals surface area contributed by atoms with E-state index >= 15 is 0 Å². The largest absolute Gasteiger partial charge is 0.264 e. The minimum Gasteiger partial charge on any atom is -0.262 e. The van der Waals surface area contributed by atoms with E-state index in [9.17, 15) is 8.42 Å². The van der Waals surface area contributed by atoms with Crippen LogP contribution >= 0.6 is 23.2 Å². The molecule has 0 aromatic carbocycles. The lowest BCUT2D eigenvalue weighted by Crippen LogP contribution is -2.14. The van der Waals surface area contributed by atoms with Crippen molar-refractivity contribution in [1.82, 2.24) is 15.2 Å². The third-order valence-electron chi connectivity index (χ3n) is 1.89. The predicted octanol–water partition coefficient (Wildman–Crippen LogP) is 1.98. The van der Waals surface area contributed by atoms with Crippen molar-refractivity contribution < 1.29 is 8.42 Å². The summed E-state index contributed by atoms with van der Waals surface area (Å²) in [6.07, 6.45) is 2.53. The van der Waals surface area contributed by atoms with Gasteiger partial charge in [-0.25, -0.2) is 13.4 Å². The van der Waals surface area contributed by atoms with Crippen molar-refractivity contribution in [3.8, 4) is 0 Å². The molecule has 0 amide bonds. The molecule has 2 aromatic heterocycles. The first-order valence-electron chi connectivity index (χ1n) is 4.60. The molecular formula is C9H6Cl2N4O2S. The van der Waals surface area contributed by atoms with E-state index in [0.717, 1.165) is 6.20 Å². The van der Waals surface area contributed by atoms with E-state index in [1.165, 1.54) is 18.3 Å². The van der Waals surface area contributed by atoms with E-state index in [1.807, 2.05) is 0 Å². The van der Waals surface area contributed by atoms with Crippen LogP contribution in [0.1, 0.15) is 0 Å². The molecule has 0 saturated carbocycles. The summed E-state index contributed by atoms with van der Waals surface area (Å²) in [5, 5.41) is 7.26. The van der Waals surface area contributed by atoms with E-state index in [2.05, 4.69) is 19.9 Å². The lowest BCUT2D eigenvalue weighted by molar-refractivity contribution is 0.600. The lowest BCUT2D eigenvalue weighted by atomic mass is 10.5. The number of anilines is 1. The third kappa shape index (κ3) is 2.87. The highest BCUT2D eigenvalue weighted by Gasteiger charge is 2.17. The Labute approximate surface area is 113 Å². The smallest absolute Gasteiger partial charge is 0.262 e. The molecule has 1 N–H and O–H groups in total. The van der Waals surface area contributed by atoms with Crippen LogP contribution < -0.4 is 4.72 Å². The molecule has 0 aliphatic rings. The van der Waals surface area contributed by atoms with Gasteiger partial charge in [-0.05, 0) is 18.2 Å². The summed E-state index contributed by atoms with van der Waals surface area (Å²) >= 11 is 11.3. The number of halogens is 2. The van der Waals surface area contributed by atoms with Crippen LogP contribution in [-0.2, 0) is 10.0 Å². The van der Waals surface area contributed by atoms with Gasteiger partial charge >= 0.3 is 0 Å². The van der Waals surface area contributed by atoms with Crippen molar-refractivity contribution in [1.29, 1.82) is 0 Å². The summed E-state index contributed by atoms with van der Waals surface area (Å²) in [6.45, 7) is 0. The summed E-state index contributed by atoms with van der Waals surface area (Å²) < 4.78 is 26.1. The molecular weight excluding hydrogens is 299 g/mol. The Balaban J connectivity index is 2.34. The molecule has 2 aromatic rings. The second-order valence-electron chi connectivity index (χ2n) is 3.16. The Hall–Kier alpha value is -1.44. The highest BCUT2D eigenvalue weighted by atomic mass is 35.5. The maximum atomic E-state index is 11.9. The zero-order chi connectivity index (χ0) is 13.2. The molecule has 0 unspecified atom stereocenters. The molecule has 2 rings (SSSR count). The SMILES string of the molecule is O=S(=O)(Nc1cccnn1)c1cnc(Cl)c(Cl)c1. The summed E-state index contributed by atoms with van der Waals surface area (Å²) in [5.41, 5.74) is 0. The normalized spacial score (nSPS) is 11.2. The van der Waals surface area contributed by atoms with Gasteiger partial charge in [0.2, 0.25) is 0 Å². The fourth-order valence-electron chi connectivity index (χ4n) is 1.10. The maximum absolute atomic E-state index is 11.9. The van der Waals surface area contributed by atoms with Crippen LogP contribution in [0, 0.1) is 0 Å². The Bertz CT molecular complexity index is 664. The van der Waals surface area contributed by atoms with Gasteiger partial charge in [-0.1, -0.05) is 23.2 Å². The molecule has 0 saturated heterocycles. The van der Waals surface area contributed by atoms with Crippen LogP contribution in [0.4, 0.5) is 5.82 Å². The molecule has 0 aliphatic carbocycles. The minimum atomic E-state index is -3.81. The number of rotatable bonds is 3. The zero-order valence-corrected chi connectivity index (χ0v) is 11.0. The molecule has 6 nitrogen and oxygen atoms in total. The van der Waals surface area contributed by atoms with Gasteiger partial charge in [-0.2, -0.15) is 5.10 Å².